The van der Waals surface area contributed by atoms with Crippen molar-refractivity contribution in [2.24, 2.45) is 0 Å². The van der Waals surface area contributed by atoms with Gasteiger partial charge in [0.1, 0.15) is 6.61 Å². The number of para-hydroxylation sites is 1. The average molecular weight is 402 g/mol. The molecule has 0 N–H and O–H groups in total. The third-order valence-electron chi connectivity index (χ3n) is 4.77. The molecule has 1 aliphatic rings. The number of rotatable bonds is 8. The van der Waals surface area contributed by atoms with Crippen LogP contribution in [0.15, 0.2) is 48.5 Å². The topological polar surface area (TPSA) is 48.0 Å². The molecule has 28 heavy (non-hydrogen) atoms. The Morgan fingerprint density at radius 1 is 1.18 bits per heavy atom. The molecule has 0 aromatic heterocycles. The zero-order valence-corrected chi connectivity index (χ0v) is 17.5. The smallest absolute Gasteiger partial charge is 0.343 e. The number of fused-ring (bicyclic) bond motifs is 1. The molecule has 2 aromatic carbocycles. The molecule has 3 rings (SSSR count). The zero-order valence-electron chi connectivity index (χ0n) is 16.6. The number of esters is 1. The zero-order chi connectivity index (χ0) is 20.0. The fraction of sp³-hybridized carbons (Fsp3) is 0.409. The number of hydrogen-bond acceptors (Lipinski definition) is 6. The highest BCUT2D eigenvalue weighted by atomic mass is 32.2. The van der Waals surface area contributed by atoms with Gasteiger partial charge in [-0.1, -0.05) is 36.4 Å². The van der Waals surface area contributed by atoms with Gasteiger partial charge in [-0.3, -0.25) is 0 Å². The monoisotopic (exact) mass is 401 g/mol. The van der Waals surface area contributed by atoms with Crippen LogP contribution in [0.2, 0.25) is 0 Å². The van der Waals surface area contributed by atoms with Gasteiger partial charge in [-0.2, -0.15) is 0 Å². The Kier molecular flexibility index (Phi) is 6.73. The molecule has 0 unspecified atom stereocenters. The Labute approximate surface area is 171 Å². The van der Waals surface area contributed by atoms with Crippen LogP contribution in [0, 0.1) is 0 Å². The van der Waals surface area contributed by atoms with Crippen LogP contribution >= 0.6 is 11.8 Å². The molecule has 0 atom stereocenters. The van der Waals surface area contributed by atoms with Gasteiger partial charge >= 0.3 is 5.97 Å². The van der Waals surface area contributed by atoms with Gasteiger partial charge in [-0.25, -0.2) is 4.79 Å². The number of thioether (sulfide) groups is 1. The quantitative estimate of drug-likeness (QED) is 0.621. The Morgan fingerprint density at radius 2 is 1.96 bits per heavy atom. The Hall–Kier alpha value is -2.34. The molecule has 0 radical (unpaired) electrons. The molecule has 0 aliphatic carbocycles. The van der Waals surface area contributed by atoms with Crippen molar-refractivity contribution in [3.8, 4) is 11.5 Å². The van der Waals surface area contributed by atoms with E-state index in [2.05, 4.69) is 53.8 Å². The Bertz CT molecular complexity index is 794. The Balaban J connectivity index is 1.63. The third kappa shape index (κ3) is 4.93. The highest BCUT2D eigenvalue weighted by molar-refractivity contribution is 8.00. The molecule has 0 saturated carbocycles. The van der Waals surface area contributed by atoms with Crippen LogP contribution in [-0.2, 0) is 14.3 Å². The van der Waals surface area contributed by atoms with E-state index in [4.69, 9.17) is 9.47 Å². The number of methoxy groups -OCH3 is 1. The second kappa shape index (κ2) is 9.24. The molecular formula is C22H27NO4S. The first-order valence-corrected chi connectivity index (χ1v) is 10.4. The highest BCUT2D eigenvalue weighted by Gasteiger charge is 2.24. The molecule has 150 valence electrons. The number of nitrogens with zero attached hydrogens (tertiary/aromatic N) is 1. The molecular weight excluding hydrogens is 374 g/mol. The highest BCUT2D eigenvalue weighted by Crippen LogP contribution is 2.41. The van der Waals surface area contributed by atoms with Crippen LogP contribution in [0.1, 0.15) is 19.4 Å². The van der Waals surface area contributed by atoms with Gasteiger partial charge < -0.3 is 19.1 Å². The molecule has 1 aliphatic heterocycles. The molecule has 0 saturated heterocycles. The van der Waals surface area contributed by atoms with Crippen molar-refractivity contribution in [3.63, 3.8) is 0 Å². The summed E-state index contributed by atoms with van der Waals surface area (Å²) in [5, 5.41) is 0. The van der Waals surface area contributed by atoms with Crippen molar-refractivity contribution in [1.82, 2.24) is 0 Å². The van der Waals surface area contributed by atoms with Crippen molar-refractivity contribution in [3.05, 3.63) is 54.1 Å². The number of carbonyl (C=O) groups excluding carboxylic acids is 1. The summed E-state index contributed by atoms with van der Waals surface area (Å²) in [7, 11) is 1.35. The fourth-order valence-electron chi connectivity index (χ4n) is 3.15. The van der Waals surface area contributed by atoms with E-state index in [9.17, 15) is 4.79 Å². The van der Waals surface area contributed by atoms with Gasteiger partial charge in [0, 0.05) is 17.0 Å². The first-order chi connectivity index (χ1) is 13.5. The summed E-state index contributed by atoms with van der Waals surface area (Å²) in [6.07, 6.45) is 0. The number of benzene rings is 2. The van der Waals surface area contributed by atoms with Crippen LogP contribution in [0.4, 0.5) is 5.69 Å². The summed E-state index contributed by atoms with van der Waals surface area (Å²) < 4.78 is 16.1. The van der Waals surface area contributed by atoms with E-state index in [0.29, 0.717) is 18.1 Å². The molecule has 1 heterocycles. The van der Waals surface area contributed by atoms with Gasteiger partial charge in [0.15, 0.2) is 18.1 Å². The first kappa shape index (κ1) is 20.4. The molecule has 0 spiro atoms. The largest absolute Gasteiger partial charge is 0.486 e. The summed E-state index contributed by atoms with van der Waals surface area (Å²) in [5.41, 5.74) is 2.34. The van der Waals surface area contributed by atoms with E-state index in [1.54, 1.807) is 0 Å². The van der Waals surface area contributed by atoms with Crippen molar-refractivity contribution in [2.75, 3.05) is 44.1 Å². The molecule has 2 aromatic rings. The SMILES string of the molecule is COC(=O)COc1cccc2c1OCCN2CCSC(C)(C)c1ccccc1. The van der Waals surface area contributed by atoms with Crippen molar-refractivity contribution in [1.29, 1.82) is 0 Å². The standard InChI is InChI=1S/C22H27NO4S/c1-22(2,17-8-5-4-6-9-17)28-15-13-23-12-14-26-21-18(23)10-7-11-19(21)27-16-20(24)25-3/h4-11H,12-16H2,1-3H3. The van der Waals surface area contributed by atoms with E-state index >= 15 is 0 Å². The predicted molar refractivity (Wildman–Crippen MR) is 114 cm³/mol. The number of hydrogen-bond donors (Lipinski definition) is 0. The van der Waals surface area contributed by atoms with Gasteiger partial charge in [-0.05, 0) is 31.5 Å². The normalized spacial score (nSPS) is 13.5. The maximum atomic E-state index is 11.4. The van der Waals surface area contributed by atoms with Gasteiger partial charge in [0.2, 0.25) is 0 Å². The lowest BCUT2D eigenvalue weighted by molar-refractivity contribution is -0.142. The lowest BCUT2D eigenvalue weighted by Gasteiger charge is -2.33. The van der Waals surface area contributed by atoms with Crippen LogP contribution in [0.25, 0.3) is 0 Å². The van der Waals surface area contributed by atoms with E-state index in [0.717, 1.165) is 24.5 Å². The van der Waals surface area contributed by atoms with Crippen molar-refractivity contribution in [2.45, 2.75) is 18.6 Å². The van der Waals surface area contributed by atoms with Crippen LogP contribution in [-0.4, -0.2) is 45.1 Å². The van der Waals surface area contributed by atoms with Crippen LogP contribution in [0.5, 0.6) is 11.5 Å². The molecule has 0 fully saturated rings. The maximum absolute atomic E-state index is 11.4. The first-order valence-electron chi connectivity index (χ1n) is 9.41. The van der Waals surface area contributed by atoms with Crippen LogP contribution < -0.4 is 14.4 Å². The summed E-state index contributed by atoms with van der Waals surface area (Å²) in [6, 6.07) is 16.4. The lowest BCUT2D eigenvalue weighted by atomic mass is 10.0. The van der Waals surface area contributed by atoms with E-state index in [1.807, 2.05) is 30.0 Å². The summed E-state index contributed by atoms with van der Waals surface area (Å²) >= 11 is 1.95. The van der Waals surface area contributed by atoms with Crippen molar-refractivity contribution >= 4 is 23.4 Å². The molecule has 5 nitrogen and oxygen atoms in total. The van der Waals surface area contributed by atoms with Crippen LogP contribution in [0.3, 0.4) is 0 Å². The van der Waals surface area contributed by atoms with E-state index < -0.39 is 5.97 Å². The predicted octanol–water partition coefficient (Wildman–Crippen LogP) is 4.11. The Morgan fingerprint density at radius 3 is 2.71 bits per heavy atom. The summed E-state index contributed by atoms with van der Waals surface area (Å²) in [5.74, 6) is 1.86. The lowest BCUT2D eigenvalue weighted by Crippen LogP contribution is -2.35. The fourth-order valence-corrected chi connectivity index (χ4v) is 4.28. The second-order valence-corrected chi connectivity index (χ2v) is 8.75. The van der Waals surface area contributed by atoms with E-state index in [-0.39, 0.29) is 11.4 Å². The van der Waals surface area contributed by atoms with E-state index in [1.165, 1.54) is 12.7 Å². The number of carbonyl (C=O) groups is 1. The summed E-state index contributed by atoms with van der Waals surface area (Å²) in [4.78, 5) is 13.7. The van der Waals surface area contributed by atoms with Crippen molar-refractivity contribution < 1.29 is 19.0 Å². The minimum Gasteiger partial charge on any atom is -0.486 e. The molecule has 0 bridgehead atoms. The minimum absolute atomic E-state index is 0.0574. The van der Waals surface area contributed by atoms with Gasteiger partial charge in [0.25, 0.3) is 0 Å². The molecule has 6 heteroatoms. The average Bonchev–Trinajstić information content (AvgIpc) is 2.72. The second-order valence-electron chi connectivity index (χ2n) is 7.03. The number of anilines is 1. The molecule has 0 amide bonds. The summed E-state index contributed by atoms with van der Waals surface area (Å²) in [6.45, 7) is 6.74. The third-order valence-corrected chi connectivity index (χ3v) is 6.12. The maximum Gasteiger partial charge on any atom is 0.343 e. The van der Waals surface area contributed by atoms with Gasteiger partial charge in [0.05, 0.1) is 19.3 Å². The minimum atomic E-state index is -0.412. The number of ether oxygens (including phenoxy) is 3. The van der Waals surface area contributed by atoms with Gasteiger partial charge in [-0.15, -0.1) is 11.8 Å².